The molecule has 0 aliphatic carbocycles. The van der Waals surface area contributed by atoms with Gasteiger partial charge in [0.15, 0.2) is 0 Å². The number of hydrogen-bond acceptors (Lipinski definition) is 1. The molecule has 1 nitrogen and oxygen atoms in total. The molecule has 0 saturated heterocycles. The van der Waals surface area contributed by atoms with E-state index >= 15 is 0 Å². The topological polar surface area (TPSA) is 23.8 Å². The van der Waals surface area contributed by atoms with E-state index in [1.165, 1.54) is 29.5 Å². The van der Waals surface area contributed by atoms with Crippen LogP contribution in [-0.4, -0.2) is 0 Å². The lowest BCUT2D eigenvalue weighted by atomic mass is 9.96. The van der Waals surface area contributed by atoms with Crippen LogP contribution in [0.1, 0.15) is 37.3 Å². The molecule has 0 unspecified atom stereocenters. The Morgan fingerprint density at radius 3 is 2.42 bits per heavy atom. The monoisotopic (exact) mass is 249 g/mol. The van der Waals surface area contributed by atoms with Gasteiger partial charge in [-0.3, -0.25) is 0 Å². The highest BCUT2D eigenvalue weighted by molar-refractivity contribution is 5.65. The summed E-state index contributed by atoms with van der Waals surface area (Å²) in [6.07, 6.45) is 4.58. The summed E-state index contributed by atoms with van der Waals surface area (Å²) in [4.78, 5) is 0. The van der Waals surface area contributed by atoms with Gasteiger partial charge in [-0.05, 0) is 41.7 Å². The van der Waals surface area contributed by atoms with Crippen molar-refractivity contribution in [2.75, 3.05) is 0 Å². The molecule has 2 aromatic carbocycles. The van der Waals surface area contributed by atoms with Gasteiger partial charge in [-0.2, -0.15) is 5.26 Å². The molecule has 0 aliphatic rings. The highest BCUT2D eigenvalue weighted by Gasteiger charge is 2.05. The fraction of sp³-hybridized carbons (Fsp3) is 0.278. The van der Waals surface area contributed by atoms with Crippen molar-refractivity contribution in [3.8, 4) is 17.2 Å². The van der Waals surface area contributed by atoms with Gasteiger partial charge >= 0.3 is 0 Å². The minimum absolute atomic E-state index is 0.816. The van der Waals surface area contributed by atoms with Gasteiger partial charge in [0, 0.05) is 0 Å². The molecule has 0 N–H and O–H groups in total. The number of hydrogen-bond donors (Lipinski definition) is 0. The Balaban J connectivity index is 2.28. The molecular formula is C18H19N. The molecule has 96 valence electrons. The van der Waals surface area contributed by atoms with E-state index < -0.39 is 0 Å². The summed E-state index contributed by atoms with van der Waals surface area (Å²) in [5.74, 6) is 0. The second kappa shape index (κ2) is 6.75. The molecule has 0 bridgehead atoms. The Hall–Kier alpha value is -2.07. The molecule has 0 saturated carbocycles. The zero-order chi connectivity index (χ0) is 13.5. The molecule has 0 fully saturated rings. The Labute approximate surface area is 115 Å². The van der Waals surface area contributed by atoms with Crippen molar-refractivity contribution < 1.29 is 0 Å². The Bertz CT molecular complexity index is 564. The zero-order valence-corrected chi connectivity index (χ0v) is 11.4. The van der Waals surface area contributed by atoms with Gasteiger partial charge in [-0.1, -0.05) is 56.2 Å². The molecule has 0 amide bonds. The predicted octanol–water partition coefficient (Wildman–Crippen LogP) is 4.96. The first-order chi connectivity index (χ1) is 9.35. The molecule has 2 rings (SSSR count). The molecule has 2 aromatic rings. The molecule has 0 radical (unpaired) electrons. The maximum atomic E-state index is 9.19. The summed E-state index contributed by atoms with van der Waals surface area (Å²) in [6.45, 7) is 2.20. The Kier molecular flexibility index (Phi) is 4.75. The molecule has 0 spiro atoms. The van der Waals surface area contributed by atoms with Crippen LogP contribution in [0.5, 0.6) is 0 Å². The van der Waals surface area contributed by atoms with Crippen LogP contribution in [0, 0.1) is 11.3 Å². The third-order valence-corrected chi connectivity index (χ3v) is 3.38. The van der Waals surface area contributed by atoms with Gasteiger partial charge < -0.3 is 0 Å². The van der Waals surface area contributed by atoms with E-state index in [4.69, 9.17) is 0 Å². The summed E-state index contributed by atoms with van der Waals surface area (Å²) < 4.78 is 0. The summed E-state index contributed by atoms with van der Waals surface area (Å²) in [6, 6.07) is 18.8. The van der Waals surface area contributed by atoms with Crippen molar-refractivity contribution in [2.24, 2.45) is 0 Å². The largest absolute Gasteiger partial charge is 0.192 e. The van der Waals surface area contributed by atoms with E-state index in [0.717, 1.165) is 18.4 Å². The molecule has 0 aromatic heterocycles. The summed E-state index contributed by atoms with van der Waals surface area (Å²) >= 11 is 0. The maximum absolute atomic E-state index is 9.19. The third kappa shape index (κ3) is 3.45. The van der Waals surface area contributed by atoms with E-state index in [2.05, 4.69) is 31.2 Å². The highest BCUT2D eigenvalue weighted by atomic mass is 14.2. The van der Waals surface area contributed by atoms with Crippen LogP contribution in [0.2, 0.25) is 0 Å². The van der Waals surface area contributed by atoms with Gasteiger partial charge in [0.2, 0.25) is 0 Å². The molecule has 0 aliphatic heterocycles. The van der Waals surface area contributed by atoms with Gasteiger partial charge in [0.1, 0.15) is 0 Å². The number of aryl methyl sites for hydroxylation is 1. The van der Waals surface area contributed by atoms with E-state index in [9.17, 15) is 5.26 Å². The van der Waals surface area contributed by atoms with Crippen molar-refractivity contribution in [3.05, 3.63) is 59.7 Å². The Morgan fingerprint density at radius 2 is 1.74 bits per heavy atom. The molecule has 1 heteroatoms. The van der Waals surface area contributed by atoms with E-state index in [-0.39, 0.29) is 0 Å². The fourth-order valence-electron chi connectivity index (χ4n) is 2.29. The number of rotatable bonds is 5. The van der Waals surface area contributed by atoms with Crippen LogP contribution in [0.25, 0.3) is 11.1 Å². The smallest absolute Gasteiger partial charge is 0.0994 e. The molecular weight excluding hydrogens is 230 g/mol. The number of benzene rings is 2. The maximum Gasteiger partial charge on any atom is 0.0994 e. The number of unbranched alkanes of at least 4 members (excludes halogenated alkanes) is 2. The van der Waals surface area contributed by atoms with Gasteiger partial charge in [0.05, 0.1) is 11.6 Å². The van der Waals surface area contributed by atoms with E-state index in [1.54, 1.807) is 0 Å². The normalized spacial score (nSPS) is 10.1. The second-order valence-corrected chi connectivity index (χ2v) is 4.81. The third-order valence-electron chi connectivity index (χ3n) is 3.38. The minimum atomic E-state index is 0.816. The quantitative estimate of drug-likeness (QED) is 0.687. The van der Waals surface area contributed by atoms with Crippen LogP contribution in [-0.2, 0) is 6.42 Å². The van der Waals surface area contributed by atoms with Gasteiger partial charge in [0.25, 0.3) is 0 Å². The van der Waals surface area contributed by atoms with E-state index in [0.29, 0.717) is 0 Å². The summed E-state index contributed by atoms with van der Waals surface area (Å²) in [5, 5.41) is 9.19. The van der Waals surface area contributed by atoms with Crippen LogP contribution in [0.15, 0.2) is 48.5 Å². The average molecular weight is 249 g/mol. The van der Waals surface area contributed by atoms with Crippen molar-refractivity contribution >= 4 is 0 Å². The van der Waals surface area contributed by atoms with Crippen molar-refractivity contribution in [1.29, 1.82) is 5.26 Å². The van der Waals surface area contributed by atoms with Gasteiger partial charge in [-0.25, -0.2) is 0 Å². The van der Waals surface area contributed by atoms with Crippen LogP contribution < -0.4 is 0 Å². The van der Waals surface area contributed by atoms with Crippen molar-refractivity contribution in [1.82, 2.24) is 0 Å². The predicted molar refractivity (Wildman–Crippen MR) is 79.8 cm³/mol. The molecule has 0 atom stereocenters. The first-order valence-corrected chi connectivity index (χ1v) is 6.93. The standard InChI is InChI=1S/C18H19N/c1-2-3-5-10-16-13-17(11-12-18(16)14-19)15-8-6-4-7-9-15/h4,6-9,11-13H,2-3,5,10H2,1H3. The highest BCUT2D eigenvalue weighted by Crippen LogP contribution is 2.23. The van der Waals surface area contributed by atoms with Gasteiger partial charge in [-0.15, -0.1) is 0 Å². The van der Waals surface area contributed by atoms with Crippen LogP contribution in [0.3, 0.4) is 0 Å². The molecule has 0 heterocycles. The van der Waals surface area contributed by atoms with Crippen LogP contribution >= 0.6 is 0 Å². The SMILES string of the molecule is CCCCCc1cc(-c2ccccc2)ccc1C#N. The summed E-state index contributed by atoms with van der Waals surface area (Å²) in [5.41, 5.74) is 4.41. The minimum Gasteiger partial charge on any atom is -0.192 e. The number of nitrogens with zero attached hydrogens (tertiary/aromatic N) is 1. The first-order valence-electron chi connectivity index (χ1n) is 6.93. The lowest BCUT2D eigenvalue weighted by molar-refractivity contribution is 0.717. The number of nitriles is 1. The molecule has 19 heavy (non-hydrogen) atoms. The lowest BCUT2D eigenvalue weighted by Gasteiger charge is -2.07. The first kappa shape index (κ1) is 13.4. The lowest BCUT2D eigenvalue weighted by Crippen LogP contribution is -1.92. The Morgan fingerprint density at radius 1 is 0.947 bits per heavy atom. The zero-order valence-electron chi connectivity index (χ0n) is 11.4. The fourth-order valence-corrected chi connectivity index (χ4v) is 2.29. The van der Waals surface area contributed by atoms with Crippen molar-refractivity contribution in [3.63, 3.8) is 0 Å². The van der Waals surface area contributed by atoms with Crippen molar-refractivity contribution in [2.45, 2.75) is 32.6 Å². The van der Waals surface area contributed by atoms with E-state index in [1.807, 2.05) is 30.3 Å². The summed E-state index contributed by atoms with van der Waals surface area (Å²) in [7, 11) is 0. The second-order valence-electron chi connectivity index (χ2n) is 4.81. The van der Waals surface area contributed by atoms with Crippen LogP contribution in [0.4, 0.5) is 0 Å². The average Bonchev–Trinajstić information content (AvgIpc) is 2.48.